The smallest absolute Gasteiger partial charge is 0.317 e. The van der Waals surface area contributed by atoms with Crippen molar-refractivity contribution in [3.8, 4) is 0 Å². The predicted octanol–water partition coefficient (Wildman–Crippen LogP) is 2.81. The van der Waals surface area contributed by atoms with Gasteiger partial charge >= 0.3 is 6.03 Å². The Balaban J connectivity index is 1.91. The molecule has 5 nitrogen and oxygen atoms in total. The third-order valence-corrected chi connectivity index (χ3v) is 4.70. The number of nitrogens with one attached hydrogen (secondary N) is 1. The van der Waals surface area contributed by atoms with E-state index in [2.05, 4.69) is 38.2 Å². The molecule has 3 amide bonds. The Hall–Kier alpha value is -2.04. The zero-order chi connectivity index (χ0) is 18.8. The Labute approximate surface area is 151 Å². The Bertz CT molecular complexity index is 654. The number of hydrogen-bond donors (Lipinski definition) is 1. The van der Waals surface area contributed by atoms with E-state index in [0.717, 1.165) is 5.56 Å². The molecule has 1 aromatic rings. The molecule has 2 rings (SSSR count). The van der Waals surface area contributed by atoms with Crippen LogP contribution in [0.3, 0.4) is 0 Å². The number of aryl methyl sites for hydroxylation is 3. The number of urea groups is 1. The fraction of sp³-hybridized carbons (Fsp3) is 0.600. The van der Waals surface area contributed by atoms with Gasteiger partial charge in [-0.25, -0.2) is 4.79 Å². The lowest BCUT2D eigenvalue weighted by molar-refractivity contribution is -0.131. The van der Waals surface area contributed by atoms with Crippen LogP contribution >= 0.6 is 0 Å². The minimum atomic E-state index is -0.245. The minimum Gasteiger partial charge on any atom is -0.339 e. The number of rotatable bonds is 2. The van der Waals surface area contributed by atoms with Crippen LogP contribution in [0.1, 0.15) is 43.0 Å². The second-order valence-electron chi connectivity index (χ2n) is 8.09. The normalized spacial score (nSPS) is 15.3. The number of carbonyl (C=O) groups is 2. The summed E-state index contributed by atoms with van der Waals surface area (Å²) < 4.78 is 0. The summed E-state index contributed by atoms with van der Waals surface area (Å²) in [5.41, 5.74) is 4.50. The SMILES string of the molecule is Cc1cc(C)c(CC(=O)N2CCN(C(=O)NC(C)(C)C)CC2)cc1C. The lowest BCUT2D eigenvalue weighted by Crippen LogP contribution is -2.56. The first-order valence-corrected chi connectivity index (χ1v) is 8.98. The highest BCUT2D eigenvalue weighted by Gasteiger charge is 2.26. The molecule has 0 aliphatic carbocycles. The molecule has 1 aliphatic heterocycles. The molecule has 1 N–H and O–H groups in total. The number of carbonyl (C=O) groups excluding carboxylic acids is 2. The van der Waals surface area contributed by atoms with Gasteiger partial charge in [0.05, 0.1) is 6.42 Å². The molecule has 0 unspecified atom stereocenters. The number of nitrogens with zero attached hydrogens (tertiary/aromatic N) is 2. The maximum Gasteiger partial charge on any atom is 0.317 e. The molecule has 0 aromatic heterocycles. The molecule has 0 saturated carbocycles. The van der Waals surface area contributed by atoms with Gasteiger partial charge in [-0.15, -0.1) is 0 Å². The van der Waals surface area contributed by atoms with Crippen molar-refractivity contribution in [2.75, 3.05) is 26.2 Å². The van der Waals surface area contributed by atoms with Gasteiger partial charge in [-0.05, 0) is 63.8 Å². The highest BCUT2D eigenvalue weighted by Crippen LogP contribution is 2.17. The third kappa shape index (κ3) is 5.21. The lowest BCUT2D eigenvalue weighted by atomic mass is 9.98. The lowest BCUT2D eigenvalue weighted by Gasteiger charge is -2.36. The van der Waals surface area contributed by atoms with Crippen molar-refractivity contribution in [3.05, 3.63) is 34.4 Å². The Morgan fingerprint density at radius 2 is 1.44 bits per heavy atom. The van der Waals surface area contributed by atoms with Crippen molar-refractivity contribution in [2.45, 2.75) is 53.5 Å². The van der Waals surface area contributed by atoms with Crippen LogP contribution in [0.25, 0.3) is 0 Å². The van der Waals surface area contributed by atoms with Crippen LogP contribution in [0.4, 0.5) is 4.79 Å². The molecule has 138 valence electrons. The predicted molar refractivity (Wildman–Crippen MR) is 101 cm³/mol. The topological polar surface area (TPSA) is 52.7 Å². The van der Waals surface area contributed by atoms with E-state index in [4.69, 9.17) is 0 Å². The summed E-state index contributed by atoms with van der Waals surface area (Å²) in [5, 5.41) is 2.98. The molecule has 1 saturated heterocycles. The minimum absolute atomic E-state index is 0.0513. The van der Waals surface area contributed by atoms with E-state index >= 15 is 0 Å². The monoisotopic (exact) mass is 345 g/mol. The van der Waals surface area contributed by atoms with Crippen molar-refractivity contribution in [2.24, 2.45) is 0 Å². The molecular formula is C20H31N3O2. The van der Waals surface area contributed by atoms with E-state index in [9.17, 15) is 9.59 Å². The molecular weight excluding hydrogens is 314 g/mol. The molecule has 1 aromatic carbocycles. The maximum atomic E-state index is 12.6. The van der Waals surface area contributed by atoms with Crippen LogP contribution in [0.2, 0.25) is 0 Å². The van der Waals surface area contributed by atoms with E-state index in [1.165, 1.54) is 16.7 Å². The number of amides is 3. The fourth-order valence-corrected chi connectivity index (χ4v) is 3.04. The molecule has 1 heterocycles. The highest BCUT2D eigenvalue weighted by atomic mass is 16.2. The van der Waals surface area contributed by atoms with Crippen LogP contribution in [-0.4, -0.2) is 53.5 Å². The molecule has 25 heavy (non-hydrogen) atoms. The van der Waals surface area contributed by atoms with Gasteiger partial charge in [0.2, 0.25) is 5.91 Å². The van der Waals surface area contributed by atoms with Crippen molar-refractivity contribution in [1.82, 2.24) is 15.1 Å². The summed E-state index contributed by atoms with van der Waals surface area (Å²) >= 11 is 0. The standard InChI is InChI=1S/C20H31N3O2/c1-14-11-16(3)17(12-15(14)2)13-18(24)22-7-9-23(10-8-22)19(25)21-20(4,5)6/h11-12H,7-10,13H2,1-6H3,(H,21,25). The zero-order valence-corrected chi connectivity index (χ0v) is 16.4. The average Bonchev–Trinajstić information content (AvgIpc) is 2.51. The van der Waals surface area contributed by atoms with Crippen molar-refractivity contribution >= 4 is 11.9 Å². The van der Waals surface area contributed by atoms with Gasteiger partial charge in [0, 0.05) is 31.7 Å². The first-order valence-electron chi connectivity index (χ1n) is 8.98. The van der Waals surface area contributed by atoms with Gasteiger partial charge in [-0.3, -0.25) is 4.79 Å². The fourth-order valence-electron chi connectivity index (χ4n) is 3.04. The molecule has 5 heteroatoms. The average molecular weight is 345 g/mol. The highest BCUT2D eigenvalue weighted by molar-refractivity contribution is 5.80. The summed E-state index contributed by atoms with van der Waals surface area (Å²) in [7, 11) is 0. The van der Waals surface area contributed by atoms with Gasteiger partial charge in [0.15, 0.2) is 0 Å². The number of piperazine rings is 1. The second kappa shape index (κ2) is 7.46. The summed E-state index contributed by atoms with van der Waals surface area (Å²) in [6, 6.07) is 4.21. The summed E-state index contributed by atoms with van der Waals surface area (Å²) in [6.07, 6.45) is 0.432. The quantitative estimate of drug-likeness (QED) is 0.896. The molecule has 1 fully saturated rings. The van der Waals surface area contributed by atoms with E-state index in [0.29, 0.717) is 32.6 Å². The molecule has 0 atom stereocenters. The van der Waals surface area contributed by atoms with E-state index in [-0.39, 0.29) is 17.5 Å². The summed E-state index contributed by atoms with van der Waals surface area (Å²) in [5.74, 6) is 0.141. The molecule has 0 spiro atoms. The number of benzene rings is 1. The van der Waals surface area contributed by atoms with Gasteiger partial charge in [-0.1, -0.05) is 12.1 Å². The van der Waals surface area contributed by atoms with Crippen molar-refractivity contribution in [3.63, 3.8) is 0 Å². The molecule has 0 radical (unpaired) electrons. The van der Waals surface area contributed by atoms with Crippen LogP contribution < -0.4 is 5.32 Å². The largest absolute Gasteiger partial charge is 0.339 e. The van der Waals surface area contributed by atoms with Crippen molar-refractivity contribution < 1.29 is 9.59 Å². The second-order valence-corrected chi connectivity index (χ2v) is 8.09. The van der Waals surface area contributed by atoms with E-state index in [1.54, 1.807) is 4.90 Å². The van der Waals surface area contributed by atoms with Gasteiger partial charge in [0.25, 0.3) is 0 Å². The van der Waals surface area contributed by atoms with Crippen LogP contribution in [0.15, 0.2) is 12.1 Å². The Morgan fingerprint density at radius 1 is 0.920 bits per heavy atom. The van der Waals surface area contributed by atoms with Gasteiger partial charge in [0.1, 0.15) is 0 Å². The summed E-state index contributed by atoms with van der Waals surface area (Å²) in [4.78, 5) is 28.5. The summed E-state index contributed by atoms with van der Waals surface area (Å²) in [6.45, 7) is 14.5. The first-order chi connectivity index (χ1) is 11.6. The van der Waals surface area contributed by atoms with Crippen LogP contribution in [-0.2, 0) is 11.2 Å². The van der Waals surface area contributed by atoms with Crippen LogP contribution in [0, 0.1) is 20.8 Å². The Kier molecular flexibility index (Phi) is 5.76. The van der Waals surface area contributed by atoms with E-state index in [1.807, 2.05) is 25.7 Å². The van der Waals surface area contributed by atoms with Crippen LogP contribution in [0.5, 0.6) is 0 Å². The Morgan fingerprint density at radius 3 is 2.00 bits per heavy atom. The van der Waals surface area contributed by atoms with Gasteiger partial charge in [-0.2, -0.15) is 0 Å². The maximum absolute atomic E-state index is 12.6. The molecule has 1 aliphatic rings. The van der Waals surface area contributed by atoms with Crippen molar-refractivity contribution in [1.29, 1.82) is 0 Å². The number of hydrogen-bond acceptors (Lipinski definition) is 2. The molecule has 0 bridgehead atoms. The van der Waals surface area contributed by atoms with E-state index < -0.39 is 0 Å². The zero-order valence-electron chi connectivity index (χ0n) is 16.4. The first kappa shape index (κ1) is 19.3. The van der Waals surface area contributed by atoms with Gasteiger partial charge < -0.3 is 15.1 Å². The third-order valence-electron chi connectivity index (χ3n) is 4.70.